The maximum Gasteiger partial charge on any atom is 0.270 e. The summed E-state index contributed by atoms with van der Waals surface area (Å²) in [4.78, 5) is 27.4. The van der Waals surface area contributed by atoms with E-state index in [2.05, 4.69) is 15.0 Å². The van der Waals surface area contributed by atoms with Gasteiger partial charge in [0.2, 0.25) is 0 Å². The minimum atomic E-state index is 0.0880. The van der Waals surface area contributed by atoms with Crippen molar-refractivity contribution < 1.29 is 4.79 Å². The van der Waals surface area contributed by atoms with Crippen LogP contribution in [-0.4, -0.2) is 38.8 Å². The summed E-state index contributed by atoms with van der Waals surface area (Å²) in [6.45, 7) is 1.73. The van der Waals surface area contributed by atoms with Crippen LogP contribution in [0.1, 0.15) is 68.3 Å². The van der Waals surface area contributed by atoms with Crippen LogP contribution in [0.4, 0.5) is 0 Å². The second-order valence-electron chi connectivity index (χ2n) is 9.36. The van der Waals surface area contributed by atoms with Crippen molar-refractivity contribution in [2.45, 2.75) is 57.8 Å². The first-order valence-corrected chi connectivity index (χ1v) is 12.0. The minimum Gasteiger partial charge on any atom is -0.337 e. The van der Waals surface area contributed by atoms with Gasteiger partial charge in [-0.3, -0.25) is 4.79 Å². The molecule has 1 saturated heterocycles. The Morgan fingerprint density at radius 1 is 0.968 bits per heavy atom. The molecule has 0 bridgehead atoms. The van der Waals surface area contributed by atoms with Crippen LogP contribution in [0.5, 0.6) is 0 Å². The molecule has 5 nitrogen and oxygen atoms in total. The van der Waals surface area contributed by atoms with E-state index < -0.39 is 0 Å². The number of hydrogen-bond donors (Lipinski definition) is 1. The Morgan fingerprint density at radius 3 is 2.42 bits per heavy atom. The van der Waals surface area contributed by atoms with Crippen LogP contribution in [0.15, 0.2) is 42.6 Å². The maximum atomic E-state index is 13.1. The molecule has 5 rings (SSSR count). The molecule has 1 aliphatic heterocycles. The van der Waals surface area contributed by atoms with Crippen molar-refractivity contribution in [3.63, 3.8) is 0 Å². The molecule has 31 heavy (non-hydrogen) atoms. The molecule has 1 amide bonds. The van der Waals surface area contributed by atoms with E-state index in [1.165, 1.54) is 44.9 Å². The van der Waals surface area contributed by atoms with Gasteiger partial charge in [-0.2, -0.15) is 0 Å². The van der Waals surface area contributed by atoms with E-state index in [9.17, 15) is 4.79 Å². The lowest BCUT2D eigenvalue weighted by Crippen LogP contribution is -2.38. The first kappa shape index (κ1) is 20.2. The van der Waals surface area contributed by atoms with Gasteiger partial charge in [0.1, 0.15) is 11.3 Å². The molecular formula is C26H32N4O. The summed E-state index contributed by atoms with van der Waals surface area (Å²) in [5.74, 6) is 2.51. The highest BCUT2D eigenvalue weighted by Gasteiger charge is 2.25. The number of H-pyrrole nitrogens is 1. The number of carbonyl (C=O) groups excluding carboxylic acids is 1. The zero-order chi connectivity index (χ0) is 21.0. The average molecular weight is 417 g/mol. The van der Waals surface area contributed by atoms with Crippen LogP contribution >= 0.6 is 0 Å². The Morgan fingerprint density at radius 2 is 1.68 bits per heavy atom. The predicted octanol–water partition coefficient (Wildman–Crippen LogP) is 5.84. The van der Waals surface area contributed by atoms with E-state index in [0.29, 0.717) is 11.5 Å². The number of piperidine rings is 1. The van der Waals surface area contributed by atoms with Crippen LogP contribution in [0, 0.1) is 11.8 Å². The molecule has 0 radical (unpaired) electrons. The highest BCUT2D eigenvalue weighted by atomic mass is 16.2. The van der Waals surface area contributed by atoms with Gasteiger partial charge in [-0.1, -0.05) is 75.3 Å². The second-order valence-corrected chi connectivity index (χ2v) is 9.36. The summed E-state index contributed by atoms with van der Waals surface area (Å²) in [7, 11) is 0. The van der Waals surface area contributed by atoms with Gasteiger partial charge in [0.15, 0.2) is 5.82 Å². The minimum absolute atomic E-state index is 0.0880. The van der Waals surface area contributed by atoms with E-state index in [1.807, 2.05) is 41.3 Å². The highest BCUT2D eigenvalue weighted by molar-refractivity contribution is 5.97. The first-order chi connectivity index (χ1) is 15.3. The quantitative estimate of drug-likeness (QED) is 0.568. The van der Waals surface area contributed by atoms with Gasteiger partial charge in [0.25, 0.3) is 5.91 Å². The number of benzene rings is 1. The van der Waals surface area contributed by atoms with E-state index in [1.54, 1.807) is 6.20 Å². The van der Waals surface area contributed by atoms with Crippen molar-refractivity contribution in [1.82, 2.24) is 19.9 Å². The van der Waals surface area contributed by atoms with Gasteiger partial charge in [-0.15, -0.1) is 0 Å². The fraction of sp³-hybridized carbons (Fsp3) is 0.500. The molecule has 2 aromatic heterocycles. The normalized spacial score (nSPS) is 18.5. The largest absolute Gasteiger partial charge is 0.337 e. The van der Waals surface area contributed by atoms with Gasteiger partial charge >= 0.3 is 0 Å². The smallest absolute Gasteiger partial charge is 0.270 e. The number of amides is 1. The molecule has 1 aromatic carbocycles. The molecule has 0 unspecified atom stereocenters. The monoisotopic (exact) mass is 416 g/mol. The number of aromatic amines is 1. The van der Waals surface area contributed by atoms with E-state index in [-0.39, 0.29) is 5.91 Å². The second kappa shape index (κ2) is 9.21. The van der Waals surface area contributed by atoms with E-state index >= 15 is 0 Å². The zero-order valence-corrected chi connectivity index (χ0v) is 18.2. The highest BCUT2D eigenvalue weighted by Crippen LogP contribution is 2.31. The lowest BCUT2D eigenvalue weighted by Gasteiger charge is -2.33. The van der Waals surface area contributed by atoms with Gasteiger partial charge in [0, 0.05) is 30.2 Å². The maximum absolute atomic E-state index is 13.1. The Bertz CT molecular complexity index is 1010. The first-order valence-electron chi connectivity index (χ1n) is 12.0. The fourth-order valence-electron chi connectivity index (χ4n) is 5.30. The third-order valence-electron chi connectivity index (χ3n) is 7.24. The molecule has 0 spiro atoms. The van der Waals surface area contributed by atoms with Gasteiger partial charge in [0.05, 0.1) is 0 Å². The standard InChI is InChI=1S/C26H32N4O/c31-26(30-15-13-20(14-16-30)12-11-19-7-3-1-4-8-19)23-17-22-18-27-24(29-25(22)28-23)21-9-5-2-6-10-21/h2,5-6,9-10,17-20H,1,3-4,7-8,11-16H2,(H,27,28,29). The summed E-state index contributed by atoms with van der Waals surface area (Å²) in [5.41, 5.74) is 2.32. The van der Waals surface area contributed by atoms with Crippen molar-refractivity contribution in [2.75, 3.05) is 13.1 Å². The SMILES string of the molecule is O=C(c1cc2cnc(-c3ccccc3)nc2[nH]1)N1CCC(CCC2CCCCC2)CC1. The topological polar surface area (TPSA) is 61.9 Å². The third kappa shape index (κ3) is 4.65. The molecular weight excluding hydrogens is 384 g/mol. The van der Waals surface area contributed by atoms with Crippen LogP contribution in [0.3, 0.4) is 0 Å². The summed E-state index contributed by atoms with van der Waals surface area (Å²) in [6, 6.07) is 11.8. The lowest BCUT2D eigenvalue weighted by atomic mass is 9.82. The average Bonchev–Trinajstić information content (AvgIpc) is 3.27. The number of fused-ring (bicyclic) bond motifs is 1. The molecule has 5 heteroatoms. The van der Waals surface area contributed by atoms with Gasteiger partial charge in [-0.25, -0.2) is 9.97 Å². The Kier molecular flexibility index (Phi) is 6.01. The lowest BCUT2D eigenvalue weighted by molar-refractivity contribution is 0.0677. The molecule has 1 saturated carbocycles. The number of nitrogens with zero attached hydrogens (tertiary/aromatic N) is 3. The van der Waals surface area contributed by atoms with E-state index in [0.717, 1.165) is 54.4 Å². The number of hydrogen-bond acceptors (Lipinski definition) is 3. The van der Waals surface area contributed by atoms with Crippen LogP contribution < -0.4 is 0 Å². The van der Waals surface area contributed by atoms with Crippen LogP contribution in [0.2, 0.25) is 0 Å². The Balaban J connectivity index is 1.19. The van der Waals surface area contributed by atoms with Gasteiger partial charge < -0.3 is 9.88 Å². The van der Waals surface area contributed by atoms with Crippen LogP contribution in [-0.2, 0) is 0 Å². The van der Waals surface area contributed by atoms with Crippen molar-refractivity contribution in [2.24, 2.45) is 11.8 Å². The van der Waals surface area contributed by atoms with Gasteiger partial charge in [-0.05, 0) is 30.7 Å². The molecule has 3 aromatic rings. The summed E-state index contributed by atoms with van der Waals surface area (Å²) >= 11 is 0. The summed E-state index contributed by atoms with van der Waals surface area (Å²) in [6.07, 6.45) is 14.0. The molecule has 2 fully saturated rings. The molecule has 162 valence electrons. The summed E-state index contributed by atoms with van der Waals surface area (Å²) in [5, 5.41) is 0.880. The number of rotatable bonds is 5. The fourth-order valence-corrected chi connectivity index (χ4v) is 5.30. The van der Waals surface area contributed by atoms with E-state index in [4.69, 9.17) is 0 Å². The van der Waals surface area contributed by atoms with Crippen molar-refractivity contribution >= 4 is 16.9 Å². The molecule has 2 aliphatic rings. The Labute approximate surface area is 184 Å². The van der Waals surface area contributed by atoms with Crippen molar-refractivity contribution in [3.8, 4) is 11.4 Å². The number of aromatic nitrogens is 3. The van der Waals surface area contributed by atoms with Crippen molar-refractivity contribution in [3.05, 3.63) is 48.3 Å². The number of carbonyl (C=O) groups is 1. The van der Waals surface area contributed by atoms with Crippen LogP contribution in [0.25, 0.3) is 22.4 Å². The molecule has 3 heterocycles. The number of likely N-dealkylation sites (tertiary alicyclic amines) is 1. The van der Waals surface area contributed by atoms with Crippen molar-refractivity contribution in [1.29, 1.82) is 0 Å². The molecule has 1 N–H and O–H groups in total. The molecule has 1 aliphatic carbocycles. The predicted molar refractivity (Wildman–Crippen MR) is 124 cm³/mol. The Hall–Kier alpha value is -2.69. The number of nitrogens with one attached hydrogen (secondary N) is 1. The molecule has 0 atom stereocenters. The zero-order valence-electron chi connectivity index (χ0n) is 18.2. The summed E-state index contributed by atoms with van der Waals surface area (Å²) < 4.78 is 0. The third-order valence-corrected chi connectivity index (χ3v) is 7.24.